The van der Waals surface area contributed by atoms with Crippen molar-refractivity contribution in [3.8, 4) is 0 Å². The predicted molar refractivity (Wildman–Crippen MR) is 56.3 cm³/mol. The molecule has 0 aromatic carbocycles. The fourth-order valence-electron chi connectivity index (χ4n) is 2.82. The predicted octanol–water partition coefficient (Wildman–Crippen LogP) is 0.612. The van der Waals surface area contributed by atoms with Crippen molar-refractivity contribution in [3.63, 3.8) is 0 Å². The highest BCUT2D eigenvalue weighted by atomic mass is 16.3. The fourth-order valence-corrected chi connectivity index (χ4v) is 2.82. The first-order chi connectivity index (χ1) is 7.34. The summed E-state index contributed by atoms with van der Waals surface area (Å²) in [4.78, 5) is 6.73. The van der Waals surface area contributed by atoms with E-state index in [9.17, 15) is 5.11 Å². The SMILES string of the molecule is O[C@@H]1CCC[C@H]1N1CCn2ccnc2C1. The first-order valence-electron chi connectivity index (χ1n) is 5.77. The van der Waals surface area contributed by atoms with Crippen LogP contribution in [0, 0.1) is 0 Å². The van der Waals surface area contributed by atoms with E-state index in [1.54, 1.807) is 0 Å². The molecule has 0 bridgehead atoms. The van der Waals surface area contributed by atoms with Crippen LogP contribution in [0.15, 0.2) is 12.4 Å². The molecule has 15 heavy (non-hydrogen) atoms. The molecule has 2 atom stereocenters. The van der Waals surface area contributed by atoms with Crippen LogP contribution < -0.4 is 0 Å². The van der Waals surface area contributed by atoms with Gasteiger partial charge in [0.2, 0.25) is 0 Å². The standard InChI is InChI=1S/C11H17N3O/c15-10-3-1-2-9(10)14-7-6-13-5-4-12-11(13)8-14/h4-5,9-10,15H,1-3,6-8H2/t9-,10-/m1/s1. The van der Waals surface area contributed by atoms with Gasteiger partial charge in [-0.15, -0.1) is 0 Å². The Balaban J connectivity index is 1.75. The summed E-state index contributed by atoms with van der Waals surface area (Å²) in [5.41, 5.74) is 0. The summed E-state index contributed by atoms with van der Waals surface area (Å²) >= 11 is 0. The molecule has 0 amide bonds. The molecule has 4 heteroatoms. The minimum atomic E-state index is -0.119. The van der Waals surface area contributed by atoms with Crippen LogP contribution in [0.1, 0.15) is 25.1 Å². The molecular formula is C11H17N3O. The van der Waals surface area contributed by atoms with Crippen LogP contribution >= 0.6 is 0 Å². The second-order valence-corrected chi connectivity index (χ2v) is 4.57. The normalized spacial score (nSPS) is 31.8. The van der Waals surface area contributed by atoms with E-state index in [1.807, 2.05) is 12.4 Å². The van der Waals surface area contributed by atoms with Crippen molar-refractivity contribution in [2.45, 2.75) is 44.5 Å². The number of hydrogen-bond acceptors (Lipinski definition) is 3. The van der Waals surface area contributed by atoms with Crippen molar-refractivity contribution in [3.05, 3.63) is 18.2 Å². The molecule has 1 aromatic heterocycles. The van der Waals surface area contributed by atoms with Gasteiger partial charge in [0.1, 0.15) is 5.82 Å². The molecule has 0 unspecified atom stereocenters. The molecule has 1 aliphatic carbocycles. The Morgan fingerprint density at radius 3 is 3.07 bits per heavy atom. The Morgan fingerprint density at radius 1 is 1.33 bits per heavy atom. The van der Waals surface area contributed by atoms with Gasteiger partial charge in [0.25, 0.3) is 0 Å². The zero-order valence-corrected chi connectivity index (χ0v) is 8.84. The van der Waals surface area contributed by atoms with E-state index in [1.165, 1.54) is 0 Å². The zero-order chi connectivity index (χ0) is 10.3. The van der Waals surface area contributed by atoms with E-state index in [4.69, 9.17) is 0 Å². The molecule has 0 radical (unpaired) electrons. The highest BCUT2D eigenvalue weighted by molar-refractivity contribution is 4.98. The van der Waals surface area contributed by atoms with Gasteiger partial charge in [0, 0.05) is 31.5 Å². The monoisotopic (exact) mass is 207 g/mol. The molecular weight excluding hydrogens is 190 g/mol. The topological polar surface area (TPSA) is 41.3 Å². The van der Waals surface area contributed by atoms with Crippen molar-refractivity contribution in [2.24, 2.45) is 0 Å². The van der Waals surface area contributed by atoms with Crippen LogP contribution in [0.5, 0.6) is 0 Å². The van der Waals surface area contributed by atoms with E-state index in [-0.39, 0.29) is 6.10 Å². The Bertz CT molecular complexity index is 349. The lowest BCUT2D eigenvalue weighted by Gasteiger charge is -2.34. The van der Waals surface area contributed by atoms with E-state index in [0.29, 0.717) is 6.04 Å². The number of hydrogen-bond donors (Lipinski definition) is 1. The number of fused-ring (bicyclic) bond motifs is 1. The quantitative estimate of drug-likeness (QED) is 0.733. The number of rotatable bonds is 1. The summed E-state index contributed by atoms with van der Waals surface area (Å²) in [5.74, 6) is 1.14. The first-order valence-corrected chi connectivity index (χ1v) is 5.77. The van der Waals surface area contributed by atoms with Crippen LogP contribution in [0.25, 0.3) is 0 Å². The maximum atomic E-state index is 9.87. The lowest BCUT2D eigenvalue weighted by atomic mass is 10.1. The molecule has 1 saturated carbocycles. The Kier molecular flexibility index (Phi) is 2.25. The molecule has 82 valence electrons. The zero-order valence-electron chi connectivity index (χ0n) is 8.84. The summed E-state index contributed by atoms with van der Waals surface area (Å²) < 4.78 is 2.21. The van der Waals surface area contributed by atoms with Gasteiger partial charge in [-0.25, -0.2) is 4.98 Å². The van der Waals surface area contributed by atoms with Crippen LogP contribution in [-0.4, -0.2) is 38.2 Å². The minimum absolute atomic E-state index is 0.119. The molecule has 0 saturated heterocycles. The average Bonchev–Trinajstić information content (AvgIpc) is 2.84. The fraction of sp³-hybridized carbons (Fsp3) is 0.727. The van der Waals surface area contributed by atoms with E-state index < -0.39 is 0 Å². The Morgan fingerprint density at radius 2 is 2.27 bits per heavy atom. The van der Waals surface area contributed by atoms with E-state index in [2.05, 4.69) is 14.5 Å². The van der Waals surface area contributed by atoms with Gasteiger partial charge in [-0.05, 0) is 19.3 Å². The van der Waals surface area contributed by atoms with E-state index in [0.717, 1.165) is 44.7 Å². The van der Waals surface area contributed by atoms with Crippen molar-refractivity contribution in [2.75, 3.05) is 6.54 Å². The average molecular weight is 207 g/mol. The number of aromatic nitrogens is 2. The third-order valence-corrected chi connectivity index (χ3v) is 3.69. The van der Waals surface area contributed by atoms with Crippen LogP contribution in [-0.2, 0) is 13.1 Å². The molecule has 2 heterocycles. The minimum Gasteiger partial charge on any atom is -0.391 e. The number of nitrogens with zero attached hydrogens (tertiary/aromatic N) is 3. The van der Waals surface area contributed by atoms with Gasteiger partial charge in [-0.3, -0.25) is 4.90 Å². The van der Waals surface area contributed by atoms with Crippen LogP contribution in [0.4, 0.5) is 0 Å². The summed E-state index contributed by atoms with van der Waals surface area (Å²) in [6.07, 6.45) is 7.06. The summed E-state index contributed by atoms with van der Waals surface area (Å²) in [6.45, 7) is 2.96. The van der Waals surface area contributed by atoms with Crippen molar-refractivity contribution in [1.82, 2.24) is 14.5 Å². The van der Waals surface area contributed by atoms with Gasteiger partial charge < -0.3 is 9.67 Å². The lowest BCUT2D eigenvalue weighted by molar-refractivity contribution is 0.0533. The summed E-state index contributed by atoms with van der Waals surface area (Å²) in [7, 11) is 0. The maximum Gasteiger partial charge on any atom is 0.122 e. The number of aliphatic hydroxyl groups excluding tert-OH is 1. The molecule has 4 nitrogen and oxygen atoms in total. The van der Waals surface area contributed by atoms with Gasteiger partial charge >= 0.3 is 0 Å². The van der Waals surface area contributed by atoms with Crippen molar-refractivity contribution >= 4 is 0 Å². The van der Waals surface area contributed by atoms with Crippen molar-refractivity contribution < 1.29 is 5.11 Å². The van der Waals surface area contributed by atoms with Gasteiger partial charge in [0.05, 0.1) is 12.6 Å². The van der Waals surface area contributed by atoms with Gasteiger partial charge in [0.15, 0.2) is 0 Å². The maximum absolute atomic E-state index is 9.87. The lowest BCUT2D eigenvalue weighted by Crippen LogP contribution is -2.44. The molecule has 2 aliphatic rings. The second kappa shape index (κ2) is 3.61. The summed E-state index contributed by atoms with van der Waals surface area (Å²) in [6, 6.07) is 0.371. The van der Waals surface area contributed by atoms with Crippen LogP contribution in [0.3, 0.4) is 0 Å². The third-order valence-electron chi connectivity index (χ3n) is 3.69. The van der Waals surface area contributed by atoms with Crippen molar-refractivity contribution in [1.29, 1.82) is 0 Å². The number of aliphatic hydroxyl groups is 1. The first kappa shape index (κ1) is 9.36. The molecule has 3 rings (SSSR count). The molecule has 1 aliphatic heterocycles. The smallest absolute Gasteiger partial charge is 0.122 e. The Labute approximate surface area is 89.5 Å². The largest absolute Gasteiger partial charge is 0.391 e. The Hall–Kier alpha value is -0.870. The van der Waals surface area contributed by atoms with Gasteiger partial charge in [-0.1, -0.05) is 0 Å². The highest BCUT2D eigenvalue weighted by Gasteiger charge is 2.32. The van der Waals surface area contributed by atoms with Crippen LogP contribution in [0.2, 0.25) is 0 Å². The molecule has 1 N–H and O–H groups in total. The molecule has 1 aromatic rings. The highest BCUT2D eigenvalue weighted by Crippen LogP contribution is 2.26. The van der Waals surface area contributed by atoms with E-state index >= 15 is 0 Å². The number of imidazole rings is 1. The summed E-state index contributed by atoms with van der Waals surface area (Å²) in [5, 5.41) is 9.87. The molecule has 0 spiro atoms. The third kappa shape index (κ3) is 1.58. The van der Waals surface area contributed by atoms with Gasteiger partial charge in [-0.2, -0.15) is 0 Å². The second-order valence-electron chi connectivity index (χ2n) is 4.57. The molecule has 1 fully saturated rings.